The maximum Gasteiger partial charge on any atom is 0.151 e. The minimum atomic E-state index is -2.82. The first-order valence-corrected chi connectivity index (χ1v) is 7.64. The second-order valence-corrected chi connectivity index (χ2v) is 6.83. The first-order chi connectivity index (χ1) is 8.05. The van der Waals surface area contributed by atoms with E-state index in [2.05, 4.69) is 4.90 Å². The number of anilines is 1. The summed E-state index contributed by atoms with van der Waals surface area (Å²) in [7, 11) is -2.82. The Kier molecular flexibility index (Phi) is 3.69. The highest BCUT2D eigenvalue weighted by molar-refractivity contribution is 7.91. The predicted molar refractivity (Wildman–Crippen MR) is 69.4 cm³/mol. The van der Waals surface area contributed by atoms with Gasteiger partial charge in [0.25, 0.3) is 0 Å². The quantitative estimate of drug-likeness (QED) is 0.796. The van der Waals surface area contributed by atoms with Crippen molar-refractivity contribution < 1.29 is 8.42 Å². The van der Waals surface area contributed by atoms with Crippen molar-refractivity contribution in [3.05, 3.63) is 29.8 Å². The van der Waals surface area contributed by atoms with Crippen LogP contribution < -0.4 is 5.73 Å². The highest BCUT2D eigenvalue weighted by atomic mass is 32.2. The van der Waals surface area contributed by atoms with Crippen LogP contribution in [0.25, 0.3) is 0 Å². The fourth-order valence-corrected chi connectivity index (χ4v) is 3.41. The van der Waals surface area contributed by atoms with Gasteiger partial charge in [-0.3, -0.25) is 4.90 Å². The summed E-state index contributed by atoms with van der Waals surface area (Å²) in [6.07, 6.45) is 0.727. The number of sulfone groups is 1. The maximum absolute atomic E-state index is 11.5. The first kappa shape index (κ1) is 12.4. The highest BCUT2D eigenvalue weighted by Crippen LogP contribution is 2.12. The third kappa shape index (κ3) is 3.71. The van der Waals surface area contributed by atoms with E-state index in [-0.39, 0.29) is 5.75 Å². The van der Waals surface area contributed by atoms with Gasteiger partial charge < -0.3 is 5.73 Å². The van der Waals surface area contributed by atoms with Gasteiger partial charge in [0.15, 0.2) is 9.84 Å². The van der Waals surface area contributed by atoms with Gasteiger partial charge in [-0.1, -0.05) is 12.1 Å². The number of hydrogen-bond donors (Lipinski definition) is 1. The molecule has 0 aliphatic carbocycles. The molecule has 17 heavy (non-hydrogen) atoms. The molecular weight excluding hydrogens is 236 g/mol. The molecule has 1 saturated heterocycles. The zero-order valence-corrected chi connectivity index (χ0v) is 10.6. The van der Waals surface area contributed by atoms with Gasteiger partial charge >= 0.3 is 0 Å². The minimum absolute atomic E-state index is 0.273. The van der Waals surface area contributed by atoms with Crippen LogP contribution in [0.3, 0.4) is 0 Å². The lowest BCUT2D eigenvalue weighted by Crippen LogP contribution is -2.26. The van der Waals surface area contributed by atoms with E-state index in [0.717, 1.165) is 30.8 Å². The zero-order chi connectivity index (χ0) is 12.3. The van der Waals surface area contributed by atoms with Crippen molar-refractivity contribution in [1.82, 2.24) is 4.90 Å². The number of hydrogen-bond acceptors (Lipinski definition) is 4. The molecule has 0 radical (unpaired) electrons. The van der Waals surface area contributed by atoms with E-state index in [1.807, 2.05) is 24.3 Å². The van der Waals surface area contributed by atoms with Crippen molar-refractivity contribution in [1.29, 1.82) is 0 Å². The van der Waals surface area contributed by atoms with Gasteiger partial charge in [0.05, 0.1) is 11.5 Å². The smallest absolute Gasteiger partial charge is 0.151 e. The normalized spacial score (nSPS) is 20.9. The molecule has 0 spiro atoms. The molecule has 4 nitrogen and oxygen atoms in total. The van der Waals surface area contributed by atoms with Crippen LogP contribution in [-0.4, -0.2) is 37.9 Å². The lowest BCUT2D eigenvalue weighted by molar-refractivity contribution is 0.287. The monoisotopic (exact) mass is 254 g/mol. The third-order valence-electron chi connectivity index (χ3n) is 3.01. The number of benzene rings is 1. The van der Waals surface area contributed by atoms with Crippen LogP contribution in [0.5, 0.6) is 0 Å². The maximum atomic E-state index is 11.5. The standard InChI is InChI=1S/C12H18N2O2S/c13-12-4-1-3-11(9-12)10-14-5-2-7-17(15,16)8-6-14/h1,3-4,9H,2,5-8,10,13H2. The summed E-state index contributed by atoms with van der Waals surface area (Å²) in [6, 6.07) is 7.75. The van der Waals surface area contributed by atoms with E-state index in [0.29, 0.717) is 12.3 Å². The average Bonchev–Trinajstić information content (AvgIpc) is 2.41. The zero-order valence-electron chi connectivity index (χ0n) is 9.80. The Morgan fingerprint density at radius 3 is 2.82 bits per heavy atom. The fourth-order valence-electron chi connectivity index (χ4n) is 2.10. The largest absolute Gasteiger partial charge is 0.399 e. The molecule has 1 aliphatic rings. The SMILES string of the molecule is Nc1cccc(CN2CCCS(=O)(=O)CC2)c1. The molecular formula is C12H18N2O2S. The summed E-state index contributed by atoms with van der Waals surface area (Å²) in [5.41, 5.74) is 7.62. The molecule has 1 aliphatic heterocycles. The Labute approximate surface area is 102 Å². The number of nitrogens with zero attached hydrogens (tertiary/aromatic N) is 1. The van der Waals surface area contributed by atoms with Crippen molar-refractivity contribution in [2.24, 2.45) is 0 Å². The van der Waals surface area contributed by atoms with Gasteiger partial charge in [-0.05, 0) is 30.7 Å². The molecule has 1 fully saturated rings. The van der Waals surface area contributed by atoms with Crippen LogP contribution in [0, 0.1) is 0 Å². The van der Waals surface area contributed by atoms with Crippen molar-refractivity contribution in [3.63, 3.8) is 0 Å². The van der Waals surface area contributed by atoms with E-state index in [1.54, 1.807) is 0 Å². The summed E-state index contributed by atoms with van der Waals surface area (Å²) >= 11 is 0. The molecule has 94 valence electrons. The summed E-state index contributed by atoms with van der Waals surface area (Å²) in [6.45, 7) is 2.24. The fraction of sp³-hybridized carbons (Fsp3) is 0.500. The Morgan fingerprint density at radius 2 is 2.06 bits per heavy atom. The number of rotatable bonds is 2. The van der Waals surface area contributed by atoms with Gasteiger partial charge in [0.2, 0.25) is 0 Å². The topological polar surface area (TPSA) is 63.4 Å². The first-order valence-electron chi connectivity index (χ1n) is 5.82. The Bertz CT molecular complexity index is 485. The van der Waals surface area contributed by atoms with Gasteiger partial charge in [0.1, 0.15) is 0 Å². The van der Waals surface area contributed by atoms with Crippen LogP contribution in [0.15, 0.2) is 24.3 Å². The van der Waals surface area contributed by atoms with Crippen molar-refractivity contribution in [2.45, 2.75) is 13.0 Å². The molecule has 0 bridgehead atoms. The van der Waals surface area contributed by atoms with E-state index in [9.17, 15) is 8.42 Å². The molecule has 0 aromatic heterocycles. The summed E-state index contributed by atoms with van der Waals surface area (Å²) in [4.78, 5) is 2.18. The number of nitrogen functional groups attached to an aromatic ring is 1. The van der Waals surface area contributed by atoms with Gasteiger partial charge in [0, 0.05) is 18.8 Å². The van der Waals surface area contributed by atoms with Gasteiger partial charge in [-0.15, -0.1) is 0 Å². The number of nitrogens with two attached hydrogens (primary N) is 1. The third-order valence-corrected chi connectivity index (χ3v) is 4.72. The summed E-state index contributed by atoms with van der Waals surface area (Å²) in [5, 5.41) is 0. The van der Waals surface area contributed by atoms with Gasteiger partial charge in [-0.2, -0.15) is 0 Å². The molecule has 1 heterocycles. The van der Waals surface area contributed by atoms with Crippen molar-refractivity contribution >= 4 is 15.5 Å². The van der Waals surface area contributed by atoms with Crippen LogP contribution in [0.4, 0.5) is 5.69 Å². The summed E-state index contributed by atoms with van der Waals surface area (Å²) in [5.74, 6) is 0.593. The van der Waals surface area contributed by atoms with E-state index >= 15 is 0 Å². The minimum Gasteiger partial charge on any atom is -0.399 e. The van der Waals surface area contributed by atoms with Crippen LogP contribution in [0.1, 0.15) is 12.0 Å². The second-order valence-electron chi connectivity index (χ2n) is 4.53. The van der Waals surface area contributed by atoms with Crippen LogP contribution >= 0.6 is 0 Å². The Balaban J connectivity index is 2.00. The van der Waals surface area contributed by atoms with Crippen molar-refractivity contribution in [3.8, 4) is 0 Å². The second kappa shape index (κ2) is 5.06. The molecule has 1 aromatic carbocycles. The lowest BCUT2D eigenvalue weighted by atomic mass is 10.2. The summed E-state index contributed by atoms with van der Waals surface area (Å²) < 4.78 is 23.0. The molecule has 2 N–H and O–H groups in total. The predicted octanol–water partition coefficient (Wildman–Crippen LogP) is 0.889. The van der Waals surface area contributed by atoms with Crippen LogP contribution in [0.2, 0.25) is 0 Å². The van der Waals surface area contributed by atoms with E-state index in [1.165, 1.54) is 0 Å². The molecule has 5 heteroatoms. The Morgan fingerprint density at radius 1 is 1.24 bits per heavy atom. The average molecular weight is 254 g/mol. The molecule has 2 rings (SSSR count). The molecule has 0 unspecified atom stereocenters. The van der Waals surface area contributed by atoms with E-state index < -0.39 is 9.84 Å². The molecule has 1 aromatic rings. The molecule has 0 amide bonds. The van der Waals surface area contributed by atoms with Gasteiger partial charge in [-0.25, -0.2) is 8.42 Å². The Hall–Kier alpha value is -1.07. The lowest BCUT2D eigenvalue weighted by Gasteiger charge is -2.19. The van der Waals surface area contributed by atoms with Crippen LogP contribution in [-0.2, 0) is 16.4 Å². The molecule has 0 saturated carbocycles. The molecule has 0 atom stereocenters. The van der Waals surface area contributed by atoms with Crippen molar-refractivity contribution in [2.75, 3.05) is 30.3 Å². The van der Waals surface area contributed by atoms with E-state index in [4.69, 9.17) is 5.73 Å². The highest BCUT2D eigenvalue weighted by Gasteiger charge is 2.18.